The number of benzene rings is 1. The summed E-state index contributed by atoms with van der Waals surface area (Å²) < 4.78 is 14.5. The third-order valence-electron chi connectivity index (χ3n) is 3.13. The molecule has 0 aliphatic heterocycles. The molecule has 0 saturated heterocycles. The monoisotopic (exact) mass is 275 g/mol. The maximum Gasteiger partial charge on any atom is 0.265 e. The molecule has 2 rings (SSSR count). The Hall–Kier alpha value is -2.43. The predicted molar refractivity (Wildman–Crippen MR) is 73.4 cm³/mol. The molecular weight excluding hydrogens is 261 g/mol. The first-order valence-electron chi connectivity index (χ1n) is 6.17. The van der Waals surface area contributed by atoms with Gasteiger partial charge in [-0.15, -0.1) is 0 Å². The van der Waals surface area contributed by atoms with E-state index < -0.39 is 17.2 Å². The maximum atomic E-state index is 13.2. The molecule has 0 saturated carbocycles. The van der Waals surface area contributed by atoms with Gasteiger partial charge >= 0.3 is 0 Å². The number of hydrogen-bond acceptors (Lipinski definition) is 3. The molecule has 1 N–H and O–H groups in total. The van der Waals surface area contributed by atoms with Crippen LogP contribution in [0.25, 0.3) is 11.3 Å². The summed E-state index contributed by atoms with van der Waals surface area (Å²) in [5.74, 6) is -1.24. The van der Waals surface area contributed by atoms with Crippen molar-refractivity contribution in [2.24, 2.45) is 7.05 Å². The molecule has 0 fully saturated rings. The highest BCUT2D eigenvalue weighted by Crippen LogP contribution is 2.24. The van der Waals surface area contributed by atoms with Crippen molar-refractivity contribution in [1.29, 1.82) is 0 Å². The number of Topliss-reactive ketones (excluding diaryl/α,β-unsaturated/α-hetero) is 1. The molecule has 20 heavy (non-hydrogen) atoms. The second-order valence-electron chi connectivity index (χ2n) is 4.44. The topological polar surface area (TPSA) is 59.3 Å². The van der Waals surface area contributed by atoms with Gasteiger partial charge < -0.3 is 9.67 Å². The Labute approximate surface area is 115 Å². The van der Waals surface area contributed by atoms with Crippen molar-refractivity contribution in [1.82, 2.24) is 4.57 Å². The van der Waals surface area contributed by atoms with Gasteiger partial charge in [0.05, 0.1) is 5.69 Å². The van der Waals surface area contributed by atoms with Gasteiger partial charge in [-0.1, -0.05) is 19.1 Å². The summed E-state index contributed by atoms with van der Waals surface area (Å²) in [6, 6.07) is 6.99. The van der Waals surface area contributed by atoms with Crippen molar-refractivity contribution in [2.45, 2.75) is 13.3 Å². The van der Waals surface area contributed by atoms with E-state index in [1.54, 1.807) is 13.0 Å². The Morgan fingerprint density at radius 2 is 2.05 bits per heavy atom. The van der Waals surface area contributed by atoms with Gasteiger partial charge in [0.2, 0.25) is 0 Å². The van der Waals surface area contributed by atoms with Crippen molar-refractivity contribution < 1.29 is 14.3 Å². The number of carbonyl (C=O) groups excluding carboxylic acids is 1. The van der Waals surface area contributed by atoms with Crippen LogP contribution in [0.3, 0.4) is 0 Å². The Bertz CT molecular complexity index is 734. The van der Waals surface area contributed by atoms with Gasteiger partial charge in [-0.25, -0.2) is 4.39 Å². The highest BCUT2D eigenvalue weighted by atomic mass is 19.1. The van der Waals surface area contributed by atoms with Crippen LogP contribution in [0.2, 0.25) is 0 Å². The van der Waals surface area contributed by atoms with E-state index in [9.17, 15) is 19.1 Å². The Balaban J connectivity index is 2.70. The first kappa shape index (κ1) is 14.0. The van der Waals surface area contributed by atoms with Gasteiger partial charge in [0.15, 0.2) is 5.78 Å². The zero-order valence-corrected chi connectivity index (χ0v) is 11.2. The van der Waals surface area contributed by atoms with E-state index in [1.165, 1.54) is 35.9 Å². The van der Waals surface area contributed by atoms with Gasteiger partial charge in [0.1, 0.15) is 17.1 Å². The molecule has 0 amide bonds. The molecule has 2 aromatic rings. The third-order valence-corrected chi connectivity index (χ3v) is 3.13. The van der Waals surface area contributed by atoms with E-state index in [4.69, 9.17) is 0 Å². The molecule has 4 nitrogen and oxygen atoms in total. The lowest BCUT2D eigenvalue weighted by Gasteiger charge is -2.11. The number of nitrogens with zero attached hydrogens (tertiary/aromatic N) is 1. The fraction of sp³-hybridized carbons (Fsp3) is 0.200. The molecule has 0 radical (unpaired) electrons. The summed E-state index contributed by atoms with van der Waals surface area (Å²) in [5, 5.41) is 9.90. The summed E-state index contributed by atoms with van der Waals surface area (Å²) >= 11 is 0. The third kappa shape index (κ3) is 2.34. The Morgan fingerprint density at radius 1 is 1.35 bits per heavy atom. The van der Waals surface area contributed by atoms with Gasteiger partial charge in [-0.2, -0.15) is 0 Å². The fourth-order valence-electron chi connectivity index (χ4n) is 2.05. The molecular formula is C15H14FNO3. The lowest BCUT2D eigenvalue weighted by Crippen LogP contribution is -2.25. The molecule has 0 spiro atoms. The summed E-state index contributed by atoms with van der Waals surface area (Å²) in [4.78, 5) is 23.8. The Kier molecular flexibility index (Phi) is 3.70. The van der Waals surface area contributed by atoms with Crippen molar-refractivity contribution in [3.63, 3.8) is 0 Å². The molecule has 0 unspecified atom stereocenters. The van der Waals surface area contributed by atoms with Crippen molar-refractivity contribution in [3.8, 4) is 17.0 Å². The van der Waals surface area contributed by atoms with Crippen LogP contribution < -0.4 is 5.56 Å². The predicted octanol–water partition coefficient (Wildman–Crippen LogP) is 2.49. The van der Waals surface area contributed by atoms with E-state index in [1.807, 2.05) is 0 Å². The maximum absolute atomic E-state index is 13.2. The number of ketones is 1. The minimum Gasteiger partial charge on any atom is -0.507 e. The molecule has 0 aliphatic carbocycles. The average molecular weight is 275 g/mol. The average Bonchev–Trinajstić information content (AvgIpc) is 2.42. The number of pyridine rings is 1. The Morgan fingerprint density at radius 3 is 2.65 bits per heavy atom. The minimum atomic E-state index is -0.587. The van der Waals surface area contributed by atoms with Crippen LogP contribution >= 0.6 is 0 Å². The van der Waals surface area contributed by atoms with Gasteiger partial charge in [0.25, 0.3) is 5.56 Å². The van der Waals surface area contributed by atoms with Crippen LogP contribution in [0.1, 0.15) is 23.7 Å². The van der Waals surface area contributed by atoms with Crippen molar-refractivity contribution >= 4 is 5.78 Å². The number of rotatable bonds is 3. The zero-order valence-electron chi connectivity index (χ0n) is 11.2. The lowest BCUT2D eigenvalue weighted by molar-refractivity contribution is 0.0983. The molecule has 1 aromatic carbocycles. The SMILES string of the molecule is CCC(=O)c1c(O)cc(-c2cccc(F)c2)n(C)c1=O. The normalized spacial score (nSPS) is 10.6. The number of halogens is 1. The first-order chi connectivity index (χ1) is 9.45. The summed E-state index contributed by atoms with van der Waals surface area (Å²) in [6.45, 7) is 1.61. The van der Waals surface area contributed by atoms with Crippen LogP contribution in [0.4, 0.5) is 4.39 Å². The highest BCUT2D eigenvalue weighted by Gasteiger charge is 2.18. The number of aromatic hydroxyl groups is 1. The van der Waals surface area contributed by atoms with Gasteiger partial charge in [0, 0.05) is 25.1 Å². The van der Waals surface area contributed by atoms with Crippen molar-refractivity contribution in [3.05, 3.63) is 52.1 Å². The smallest absolute Gasteiger partial charge is 0.265 e. The number of aromatic nitrogens is 1. The van der Waals surface area contributed by atoms with Gasteiger partial charge in [-0.05, 0) is 12.1 Å². The highest BCUT2D eigenvalue weighted by molar-refractivity contribution is 5.98. The van der Waals surface area contributed by atoms with E-state index >= 15 is 0 Å². The molecule has 104 valence electrons. The number of carbonyl (C=O) groups is 1. The van der Waals surface area contributed by atoms with Crippen molar-refractivity contribution in [2.75, 3.05) is 0 Å². The quantitative estimate of drug-likeness (QED) is 0.875. The van der Waals surface area contributed by atoms with E-state index in [-0.39, 0.29) is 17.7 Å². The molecule has 1 heterocycles. The second-order valence-corrected chi connectivity index (χ2v) is 4.44. The molecule has 0 bridgehead atoms. The van der Waals surface area contributed by atoms with Crippen LogP contribution in [0.5, 0.6) is 5.75 Å². The largest absolute Gasteiger partial charge is 0.507 e. The van der Waals surface area contributed by atoms with Gasteiger partial charge in [-0.3, -0.25) is 9.59 Å². The molecule has 0 aliphatic rings. The fourth-order valence-corrected chi connectivity index (χ4v) is 2.05. The van der Waals surface area contributed by atoms with E-state index in [0.29, 0.717) is 11.3 Å². The molecule has 5 heteroatoms. The summed E-state index contributed by atoms with van der Waals surface area (Å²) in [6.07, 6.45) is 0.127. The summed E-state index contributed by atoms with van der Waals surface area (Å²) in [7, 11) is 1.48. The van der Waals surface area contributed by atoms with Crippen LogP contribution in [0, 0.1) is 5.82 Å². The first-order valence-corrected chi connectivity index (χ1v) is 6.17. The lowest BCUT2D eigenvalue weighted by atomic mass is 10.1. The second kappa shape index (κ2) is 5.28. The summed E-state index contributed by atoms with van der Waals surface area (Å²) in [5.41, 5.74) is -0.0127. The zero-order chi connectivity index (χ0) is 14.9. The number of hydrogen-bond donors (Lipinski definition) is 1. The van der Waals surface area contributed by atoms with Crippen LogP contribution in [-0.4, -0.2) is 15.5 Å². The van der Waals surface area contributed by atoms with E-state index in [0.717, 1.165) is 0 Å². The molecule has 1 aromatic heterocycles. The van der Waals surface area contributed by atoms with Crippen LogP contribution in [0.15, 0.2) is 35.1 Å². The minimum absolute atomic E-state index is 0.127. The molecule has 0 atom stereocenters. The standard InChI is InChI=1S/C15H14FNO3/c1-3-12(18)14-13(19)8-11(17(2)15(14)20)9-5-4-6-10(16)7-9/h4-8,19H,3H2,1-2H3. The van der Waals surface area contributed by atoms with E-state index in [2.05, 4.69) is 0 Å². The van der Waals surface area contributed by atoms with Crippen LogP contribution in [-0.2, 0) is 7.05 Å².